The predicted molar refractivity (Wildman–Crippen MR) is 77.7 cm³/mol. The predicted octanol–water partition coefficient (Wildman–Crippen LogP) is 2.20. The summed E-state index contributed by atoms with van der Waals surface area (Å²) >= 11 is 0. The monoisotopic (exact) mass is 309 g/mol. The van der Waals surface area contributed by atoms with E-state index in [9.17, 15) is 19.1 Å². The van der Waals surface area contributed by atoms with Crippen LogP contribution < -0.4 is 5.32 Å². The van der Waals surface area contributed by atoms with Crippen molar-refractivity contribution in [3.05, 3.63) is 35.6 Å². The summed E-state index contributed by atoms with van der Waals surface area (Å²) in [6.45, 7) is 2.11. The zero-order chi connectivity index (χ0) is 16.2. The molecule has 0 aliphatic carbocycles. The van der Waals surface area contributed by atoms with Gasteiger partial charge in [-0.1, -0.05) is 12.1 Å². The van der Waals surface area contributed by atoms with Crippen LogP contribution in [0, 0.1) is 5.82 Å². The van der Waals surface area contributed by atoms with Gasteiger partial charge >= 0.3 is 5.97 Å². The first-order valence-electron chi connectivity index (χ1n) is 7.34. The molecule has 1 aromatic carbocycles. The number of carbonyl (C=O) groups excluding carboxylic acids is 1. The van der Waals surface area contributed by atoms with Crippen molar-refractivity contribution >= 4 is 11.9 Å². The number of rotatable bonds is 6. The third kappa shape index (κ3) is 3.82. The Labute approximate surface area is 128 Å². The van der Waals surface area contributed by atoms with Gasteiger partial charge in [0.25, 0.3) is 0 Å². The maximum absolute atomic E-state index is 13.0. The van der Waals surface area contributed by atoms with Gasteiger partial charge in [0.05, 0.1) is 6.10 Å². The molecule has 5 nitrogen and oxygen atoms in total. The van der Waals surface area contributed by atoms with Gasteiger partial charge in [0, 0.05) is 13.0 Å². The molecule has 120 valence electrons. The topological polar surface area (TPSA) is 75.6 Å². The molecule has 2 rings (SSSR count). The van der Waals surface area contributed by atoms with Crippen LogP contribution in [0.1, 0.15) is 38.2 Å². The number of halogens is 1. The summed E-state index contributed by atoms with van der Waals surface area (Å²) < 4.78 is 18.4. The molecule has 0 aromatic heterocycles. The molecular weight excluding hydrogens is 289 g/mol. The number of carbonyl (C=O) groups is 2. The Hall–Kier alpha value is -1.95. The van der Waals surface area contributed by atoms with Crippen LogP contribution in [-0.4, -0.2) is 29.7 Å². The minimum absolute atomic E-state index is 0.0765. The number of nitrogens with one attached hydrogen (secondary N) is 1. The van der Waals surface area contributed by atoms with Gasteiger partial charge in [0.2, 0.25) is 5.91 Å². The fourth-order valence-corrected chi connectivity index (χ4v) is 2.54. The third-order valence-electron chi connectivity index (χ3n) is 3.96. The van der Waals surface area contributed by atoms with E-state index >= 15 is 0 Å². The summed E-state index contributed by atoms with van der Waals surface area (Å²) in [5.74, 6) is -2.00. The summed E-state index contributed by atoms with van der Waals surface area (Å²) in [5.41, 5.74) is -1.26. The van der Waals surface area contributed by atoms with Crippen molar-refractivity contribution in [3.63, 3.8) is 0 Å². The second-order valence-electron chi connectivity index (χ2n) is 5.66. The van der Waals surface area contributed by atoms with Gasteiger partial charge in [0.1, 0.15) is 5.82 Å². The first-order valence-corrected chi connectivity index (χ1v) is 7.34. The number of amides is 1. The first kappa shape index (κ1) is 16.4. The van der Waals surface area contributed by atoms with Crippen molar-refractivity contribution in [2.24, 2.45) is 0 Å². The Balaban J connectivity index is 2.02. The van der Waals surface area contributed by atoms with Crippen molar-refractivity contribution in [2.75, 3.05) is 6.61 Å². The summed E-state index contributed by atoms with van der Waals surface area (Å²) in [4.78, 5) is 23.6. The van der Waals surface area contributed by atoms with Gasteiger partial charge in [-0.3, -0.25) is 4.79 Å². The van der Waals surface area contributed by atoms with Crippen molar-refractivity contribution in [1.82, 2.24) is 5.32 Å². The van der Waals surface area contributed by atoms with Crippen LogP contribution in [0.2, 0.25) is 0 Å². The molecule has 1 amide bonds. The number of benzene rings is 1. The van der Waals surface area contributed by atoms with Crippen LogP contribution in [0.15, 0.2) is 24.3 Å². The average Bonchev–Trinajstić information content (AvgIpc) is 2.98. The highest BCUT2D eigenvalue weighted by Gasteiger charge is 2.36. The van der Waals surface area contributed by atoms with E-state index in [1.165, 1.54) is 31.2 Å². The highest BCUT2D eigenvalue weighted by atomic mass is 19.1. The Kier molecular flexibility index (Phi) is 5.13. The molecule has 2 unspecified atom stereocenters. The number of hydrogen-bond acceptors (Lipinski definition) is 3. The van der Waals surface area contributed by atoms with Gasteiger partial charge < -0.3 is 15.2 Å². The molecule has 22 heavy (non-hydrogen) atoms. The lowest BCUT2D eigenvalue weighted by atomic mass is 9.91. The first-order chi connectivity index (χ1) is 10.4. The van der Waals surface area contributed by atoms with Gasteiger partial charge in [-0.05, 0) is 43.9 Å². The number of carboxylic acid groups (broad SMARTS) is 1. The molecule has 2 atom stereocenters. The van der Waals surface area contributed by atoms with Crippen molar-refractivity contribution in [3.8, 4) is 0 Å². The smallest absolute Gasteiger partial charge is 0.333 e. The molecule has 1 aliphatic rings. The molecule has 0 bridgehead atoms. The molecule has 1 aliphatic heterocycles. The lowest BCUT2D eigenvalue weighted by Gasteiger charge is -2.27. The highest BCUT2D eigenvalue weighted by molar-refractivity contribution is 5.87. The zero-order valence-electron chi connectivity index (χ0n) is 12.5. The van der Waals surface area contributed by atoms with E-state index in [2.05, 4.69) is 5.32 Å². The van der Waals surface area contributed by atoms with Gasteiger partial charge in [-0.25, -0.2) is 9.18 Å². The van der Waals surface area contributed by atoms with E-state index in [0.29, 0.717) is 18.6 Å². The SMILES string of the molecule is CC(NC(=O)CCC1CCCO1)(C(=O)O)c1ccc(F)cc1. The normalized spacial score (nSPS) is 20.4. The standard InChI is InChI=1S/C16H20FNO4/c1-16(15(20)21,11-4-6-12(17)7-5-11)18-14(19)9-8-13-3-2-10-22-13/h4-7,13H,2-3,8-10H2,1H3,(H,18,19)(H,20,21). The molecule has 0 saturated carbocycles. The number of carboxylic acids is 1. The molecule has 2 N–H and O–H groups in total. The van der Waals surface area contributed by atoms with Crippen molar-refractivity contribution in [1.29, 1.82) is 0 Å². The lowest BCUT2D eigenvalue weighted by Crippen LogP contribution is -2.49. The second-order valence-corrected chi connectivity index (χ2v) is 5.66. The largest absolute Gasteiger partial charge is 0.479 e. The molecule has 1 aromatic rings. The highest BCUT2D eigenvalue weighted by Crippen LogP contribution is 2.23. The summed E-state index contributed by atoms with van der Waals surface area (Å²) in [5, 5.41) is 12.0. The quantitative estimate of drug-likeness (QED) is 0.844. The van der Waals surface area contributed by atoms with Gasteiger partial charge in [-0.2, -0.15) is 0 Å². The minimum Gasteiger partial charge on any atom is -0.479 e. The van der Waals surface area contributed by atoms with E-state index in [4.69, 9.17) is 4.74 Å². The Bertz CT molecular complexity index is 540. The maximum Gasteiger partial charge on any atom is 0.333 e. The number of hydrogen-bond donors (Lipinski definition) is 2. The van der Waals surface area contributed by atoms with Crippen LogP contribution in [0.4, 0.5) is 4.39 Å². The average molecular weight is 309 g/mol. The number of aliphatic carboxylic acids is 1. The van der Waals surface area contributed by atoms with E-state index in [1.54, 1.807) is 0 Å². The van der Waals surface area contributed by atoms with Crippen LogP contribution in [0.25, 0.3) is 0 Å². The Morgan fingerprint density at radius 1 is 1.41 bits per heavy atom. The molecule has 0 radical (unpaired) electrons. The molecule has 0 spiro atoms. The van der Waals surface area contributed by atoms with Crippen LogP contribution in [0.5, 0.6) is 0 Å². The van der Waals surface area contributed by atoms with Crippen LogP contribution >= 0.6 is 0 Å². The van der Waals surface area contributed by atoms with Crippen molar-refractivity contribution in [2.45, 2.75) is 44.2 Å². The maximum atomic E-state index is 13.0. The summed E-state index contributed by atoms with van der Waals surface area (Å²) in [6, 6.07) is 5.08. The minimum atomic E-state index is -1.58. The molecule has 6 heteroatoms. The van der Waals surface area contributed by atoms with Crippen LogP contribution in [-0.2, 0) is 19.9 Å². The fraction of sp³-hybridized carbons (Fsp3) is 0.500. The molecular formula is C16H20FNO4. The summed E-state index contributed by atoms with van der Waals surface area (Å²) in [6.07, 6.45) is 2.78. The van der Waals surface area contributed by atoms with E-state index in [0.717, 1.165) is 12.8 Å². The lowest BCUT2D eigenvalue weighted by molar-refractivity contribution is -0.147. The Morgan fingerprint density at radius 2 is 2.09 bits per heavy atom. The van der Waals surface area contributed by atoms with Crippen LogP contribution in [0.3, 0.4) is 0 Å². The second kappa shape index (κ2) is 6.87. The van der Waals surface area contributed by atoms with E-state index in [-0.39, 0.29) is 18.4 Å². The summed E-state index contributed by atoms with van der Waals surface area (Å²) in [7, 11) is 0. The third-order valence-corrected chi connectivity index (χ3v) is 3.96. The molecule has 1 heterocycles. The number of ether oxygens (including phenoxy) is 1. The zero-order valence-corrected chi connectivity index (χ0v) is 12.5. The fourth-order valence-electron chi connectivity index (χ4n) is 2.54. The molecule has 1 saturated heterocycles. The Morgan fingerprint density at radius 3 is 2.64 bits per heavy atom. The molecule has 1 fully saturated rings. The van der Waals surface area contributed by atoms with E-state index < -0.39 is 17.3 Å². The van der Waals surface area contributed by atoms with Gasteiger partial charge in [0.15, 0.2) is 5.54 Å². The van der Waals surface area contributed by atoms with Crippen molar-refractivity contribution < 1.29 is 23.8 Å². The van der Waals surface area contributed by atoms with E-state index in [1.807, 2.05) is 0 Å². The van der Waals surface area contributed by atoms with Gasteiger partial charge in [-0.15, -0.1) is 0 Å².